The summed E-state index contributed by atoms with van der Waals surface area (Å²) in [5.74, 6) is 0.875. The van der Waals surface area contributed by atoms with Gasteiger partial charge in [-0.25, -0.2) is 0 Å². The molecule has 2 aromatic rings. The van der Waals surface area contributed by atoms with E-state index in [4.69, 9.17) is 4.74 Å². The van der Waals surface area contributed by atoms with Gasteiger partial charge in [-0.05, 0) is 42.3 Å². The summed E-state index contributed by atoms with van der Waals surface area (Å²) in [5, 5.41) is 3.04. The SMILES string of the molecule is CC1CN(Cc2cccc(CNC(=O)CCSc3ccc(Br)cc3)c2)CCO1. The lowest BCUT2D eigenvalue weighted by Gasteiger charge is -2.31. The average molecular weight is 463 g/mol. The van der Waals surface area contributed by atoms with Gasteiger partial charge in [-0.1, -0.05) is 40.2 Å². The summed E-state index contributed by atoms with van der Waals surface area (Å²) < 4.78 is 6.68. The lowest BCUT2D eigenvalue weighted by molar-refractivity contribution is -0.120. The molecule has 1 N–H and O–H groups in total. The van der Waals surface area contributed by atoms with E-state index in [2.05, 4.69) is 69.5 Å². The maximum atomic E-state index is 12.1. The summed E-state index contributed by atoms with van der Waals surface area (Å²) in [6, 6.07) is 16.7. The smallest absolute Gasteiger partial charge is 0.221 e. The second kappa shape index (κ2) is 11.0. The molecule has 1 aliphatic rings. The largest absolute Gasteiger partial charge is 0.376 e. The first-order chi connectivity index (χ1) is 13.6. The highest BCUT2D eigenvalue weighted by molar-refractivity contribution is 9.10. The van der Waals surface area contributed by atoms with Crippen molar-refractivity contribution in [2.45, 2.75) is 37.4 Å². The molecule has 28 heavy (non-hydrogen) atoms. The van der Waals surface area contributed by atoms with Crippen LogP contribution in [0.25, 0.3) is 0 Å². The van der Waals surface area contributed by atoms with Gasteiger partial charge in [0.1, 0.15) is 0 Å². The zero-order valence-electron chi connectivity index (χ0n) is 16.2. The van der Waals surface area contributed by atoms with Crippen LogP contribution in [0.3, 0.4) is 0 Å². The Hall–Kier alpha value is -1.34. The number of carbonyl (C=O) groups excluding carboxylic acids is 1. The molecule has 1 heterocycles. The second-order valence-corrected chi connectivity index (χ2v) is 9.15. The fourth-order valence-corrected chi connectivity index (χ4v) is 4.33. The highest BCUT2D eigenvalue weighted by Gasteiger charge is 2.16. The first-order valence-corrected chi connectivity index (χ1v) is 11.4. The third-order valence-corrected chi connectivity index (χ3v) is 6.17. The molecule has 0 aromatic heterocycles. The molecule has 0 spiro atoms. The van der Waals surface area contributed by atoms with Crippen molar-refractivity contribution in [2.24, 2.45) is 0 Å². The Bertz CT molecular complexity index is 769. The molecule has 1 saturated heterocycles. The summed E-state index contributed by atoms with van der Waals surface area (Å²) in [5.41, 5.74) is 2.43. The molecule has 150 valence electrons. The molecule has 1 atom stereocenters. The van der Waals surface area contributed by atoms with Gasteiger partial charge in [0.05, 0.1) is 12.7 Å². The molecular weight excluding hydrogens is 436 g/mol. The molecule has 0 radical (unpaired) electrons. The third kappa shape index (κ3) is 7.24. The Morgan fingerprint density at radius 2 is 2.04 bits per heavy atom. The predicted molar refractivity (Wildman–Crippen MR) is 118 cm³/mol. The number of ether oxygens (including phenoxy) is 1. The van der Waals surface area contributed by atoms with Gasteiger partial charge in [-0.3, -0.25) is 9.69 Å². The first-order valence-electron chi connectivity index (χ1n) is 9.65. The molecule has 0 saturated carbocycles. The molecular formula is C22H27BrN2O2S. The van der Waals surface area contributed by atoms with Crippen molar-refractivity contribution >= 4 is 33.6 Å². The number of nitrogens with one attached hydrogen (secondary N) is 1. The lowest BCUT2D eigenvalue weighted by Crippen LogP contribution is -2.40. The van der Waals surface area contributed by atoms with Gasteiger partial charge in [0.15, 0.2) is 0 Å². The monoisotopic (exact) mass is 462 g/mol. The summed E-state index contributed by atoms with van der Waals surface area (Å²) in [7, 11) is 0. The van der Waals surface area contributed by atoms with Crippen LogP contribution >= 0.6 is 27.7 Å². The van der Waals surface area contributed by atoms with Gasteiger partial charge in [0.25, 0.3) is 0 Å². The van der Waals surface area contributed by atoms with Crippen molar-refractivity contribution in [3.63, 3.8) is 0 Å². The van der Waals surface area contributed by atoms with E-state index in [9.17, 15) is 4.79 Å². The summed E-state index contributed by atoms with van der Waals surface area (Å²) in [4.78, 5) is 15.7. The molecule has 6 heteroatoms. The Morgan fingerprint density at radius 3 is 2.82 bits per heavy atom. The summed E-state index contributed by atoms with van der Waals surface area (Å²) >= 11 is 5.14. The fraction of sp³-hybridized carbons (Fsp3) is 0.409. The van der Waals surface area contributed by atoms with Crippen molar-refractivity contribution in [3.05, 3.63) is 64.1 Å². The second-order valence-electron chi connectivity index (χ2n) is 7.07. The van der Waals surface area contributed by atoms with E-state index in [-0.39, 0.29) is 5.91 Å². The maximum Gasteiger partial charge on any atom is 0.221 e. The maximum absolute atomic E-state index is 12.1. The number of nitrogens with zero attached hydrogens (tertiary/aromatic N) is 1. The van der Waals surface area contributed by atoms with Gasteiger partial charge in [-0.15, -0.1) is 11.8 Å². The van der Waals surface area contributed by atoms with E-state index in [0.29, 0.717) is 19.1 Å². The minimum atomic E-state index is 0.0945. The highest BCUT2D eigenvalue weighted by Crippen LogP contribution is 2.21. The first kappa shape index (κ1) is 21.4. The lowest BCUT2D eigenvalue weighted by atomic mass is 10.1. The Kier molecular flexibility index (Phi) is 8.40. The van der Waals surface area contributed by atoms with E-state index < -0.39 is 0 Å². The number of benzene rings is 2. The number of halogens is 1. The van der Waals surface area contributed by atoms with Crippen molar-refractivity contribution in [1.82, 2.24) is 10.2 Å². The molecule has 2 aromatic carbocycles. The normalized spacial score (nSPS) is 17.4. The minimum Gasteiger partial charge on any atom is -0.376 e. The van der Waals surface area contributed by atoms with Crippen LogP contribution in [-0.2, 0) is 22.6 Å². The molecule has 1 unspecified atom stereocenters. The predicted octanol–water partition coefficient (Wildman–Crippen LogP) is 4.47. The number of hydrogen-bond acceptors (Lipinski definition) is 4. The van der Waals surface area contributed by atoms with Crippen LogP contribution in [-0.4, -0.2) is 42.4 Å². The van der Waals surface area contributed by atoms with Crippen LogP contribution in [0.4, 0.5) is 0 Å². The summed E-state index contributed by atoms with van der Waals surface area (Å²) in [6.07, 6.45) is 0.818. The standard InChI is InChI=1S/C22H27BrN2O2S/c1-17-15-25(10-11-27-17)16-19-4-2-3-18(13-19)14-24-22(26)9-12-28-21-7-5-20(23)6-8-21/h2-8,13,17H,9-12,14-16H2,1H3,(H,24,26). The van der Waals surface area contributed by atoms with E-state index >= 15 is 0 Å². The molecule has 1 aliphatic heterocycles. The van der Waals surface area contributed by atoms with Crippen molar-refractivity contribution in [1.29, 1.82) is 0 Å². The van der Waals surface area contributed by atoms with Gasteiger partial charge in [0, 0.05) is 47.7 Å². The Labute approximate surface area is 180 Å². The van der Waals surface area contributed by atoms with Crippen LogP contribution in [0.5, 0.6) is 0 Å². The van der Waals surface area contributed by atoms with E-state index in [0.717, 1.165) is 42.0 Å². The van der Waals surface area contributed by atoms with Gasteiger partial charge < -0.3 is 10.1 Å². The topological polar surface area (TPSA) is 41.6 Å². The van der Waals surface area contributed by atoms with Crippen molar-refractivity contribution in [2.75, 3.05) is 25.4 Å². The van der Waals surface area contributed by atoms with E-state index in [1.165, 1.54) is 10.5 Å². The summed E-state index contributed by atoms with van der Waals surface area (Å²) in [6.45, 7) is 6.37. The third-order valence-electron chi connectivity index (χ3n) is 4.62. The molecule has 3 rings (SSSR count). The number of hydrogen-bond donors (Lipinski definition) is 1. The average Bonchev–Trinajstić information content (AvgIpc) is 2.68. The van der Waals surface area contributed by atoms with Gasteiger partial charge >= 0.3 is 0 Å². The zero-order valence-corrected chi connectivity index (χ0v) is 18.6. The highest BCUT2D eigenvalue weighted by atomic mass is 79.9. The van der Waals surface area contributed by atoms with Gasteiger partial charge in [0.2, 0.25) is 5.91 Å². The number of amides is 1. The Balaban J connectivity index is 1.40. The van der Waals surface area contributed by atoms with Crippen LogP contribution in [0.1, 0.15) is 24.5 Å². The number of rotatable bonds is 8. The van der Waals surface area contributed by atoms with Crippen LogP contribution in [0, 0.1) is 0 Å². The van der Waals surface area contributed by atoms with E-state index in [1.54, 1.807) is 11.8 Å². The zero-order chi connectivity index (χ0) is 19.8. The number of carbonyl (C=O) groups is 1. The minimum absolute atomic E-state index is 0.0945. The van der Waals surface area contributed by atoms with Crippen LogP contribution in [0.2, 0.25) is 0 Å². The molecule has 0 bridgehead atoms. The fourth-order valence-electron chi connectivity index (χ4n) is 3.21. The molecule has 4 nitrogen and oxygen atoms in total. The van der Waals surface area contributed by atoms with Crippen molar-refractivity contribution in [3.8, 4) is 0 Å². The van der Waals surface area contributed by atoms with E-state index in [1.807, 2.05) is 12.1 Å². The molecule has 0 aliphatic carbocycles. The van der Waals surface area contributed by atoms with Crippen LogP contribution < -0.4 is 5.32 Å². The van der Waals surface area contributed by atoms with Crippen LogP contribution in [0.15, 0.2) is 57.9 Å². The Morgan fingerprint density at radius 1 is 1.25 bits per heavy atom. The molecule has 1 amide bonds. The van der Waals surface area contributed by atoms with Gasteiger partial charge in [-0.2, -0.15) is 0 Å². The molecule has 1 fully saturated rings. The number of morpholine rings is 1. The number of thioether (sulfide) groups is 1. The van der Waals surface area contributed by atoms with Crippen molar-refractivity contribution < 1.29 is 9.53 Å². The quantitative estimate of drug-likeness (QED) is 0.587.